The maximum atomic E-state index is 12.6. The Balaban J connectivity index is 1.96. The molecule has 0 saturated heterocycles. The summed E-state index contributed by atoms with van der Waals surface area (Å²) < 4.78 is 38.7. The van der Waals surface area contributed by atoms with Crippen LogP contribution < -0.4 is 10.6 Å². The van der Waals surface area contributed by atoms with E-state index in [1.54, 1.807) is 11.8 Å². The number of rotatable bonds is 4. The van der Waals surface area contributed by atoms with E-state index < -0.39 is 17.9 Å². The van der Waals surface area contributed by atoms with Gasteiger partial charge in [-0.2, -0.15) is 30.0 Å². The van der Waals surface area contributed by atoms with Gasteiger partial charge in [0.15, 0.2) is 5.69 Å². The normalized spacial score (nSPS) is 21.9. The maximum absolute atomic E-state index is 12.6. The Morgan fingerprint density at radius 3 is 2.82 bits per heavy atom. The number of anilines is 1. The third kappa shape index (κ3) is 4.08. The third-order valence-electron chi connectivity index (χ3n) is 3.56. The van der Waals surface area contributed by atoms with Crippen LogP contribution in [-0.4, -0.2) is 32.9 Å². The van der Waals surface area contributed by atoms with Crippen LogP contribution in [0.2, 0.25) is 0 Å². The number of halogens is 3. The van der Waals surface area contributed by atoms with E-state index in [0.29, 0.717) is 5.25 Å². The van der Waals surface area contributed by atoms with E-state index in [4.69, 9.17) is 0 Å². The minimum Gasteiger partial charge on any atom is -0.334 e. The highest BCUT2D eigenvalue weighted by Gasteiger charge is 2.35. The SMILES string of the molecule is CCSC1CCCC1NC(=O)Nc1cc(C(F)(F)F)nn1C. The molecule has 2 amide bonds. The van der Waals surface area contributed by atoms with Crippen molar-refractivity contribution in [2.24, 2.45) is 7.05 Å². The van der Waals surface area contributed by atoms with Crippen LogP contribution in [-0.2, 0) is 13.2 Å². The standard InChI is InChI=1S/C13H19F3N4OS/c1-3-22-9-6-4-5-8(9)17-12(21)18-11-7-10(13(14,15)16)19-20(11)2/h7-9H,3-6H2,1-2H3,(H2,17,18,21). The van der Waals surface area contributed by atoms with E-state index in [1.807, 2.05) is 0 Å². The van der Waals surface area contributed by atoms with Crippen molar-refractivity contribution >= 4 is 23.6 Å². The lowest BCUT2D eigenvalue weighted by Crippen LogP contribution is -2.41. The van der Waals surface area contributed by atoms with E-state index in [1.165, 1.54) is 7.05 Å². The third-order valence-corrected chi connectivity index (χ3v) is 4.89. The number of nitrogens with one attached hydrogen (secondary N) is 2. The zero-order chi connectivity index (χ0) is 16.3. The number of thioether (sulfide) groups is 1. The second-order valence-corrected chi connectivity index (χ2v) is 6.68. The van der Waals surface area contributed by atoms with Gasteiger partial charge < -0.3 is 5.32 Å². The van der Waals surface area contributed by atoms with Crippen molar-refractivity contribution in [3.8, 4) is 0 Å². The van der Waals surface area contributed by atoms with Gasteiger partial charge >= 0.3 is 12.2 Å². The molecule has 0 aromatic carbocycles. The number of carbonyl (C=O) groups is 1. The quantitative estimate of drug-likeness (QED) is 0.887. The molecular weight excluding hydrogens is 317 g/mol. The van der Waals surface area contributed by atoms with Gasteiger partial charge in [0, 0.05) is 24.4 Å². The molecule has 5 nitrogen and oxygen atoms in total. The topological polar surface area (TPSA) is 59.0 Å². The molecule has 2 N–H and O–H groups in total. The number of carbonyl (C=O) groups excluding carboxylic acids is 1. The molecule has 0 aliphatic heterocycles. The molecule has 1 aromatic heterocycles. The summed E-state index contributed by atoms with van der Waals surface area (Å²) in [5.74, 6) is 0.990. The van der Waals surface area contributed by atoms with Crippen molar-refractivity contribution in [1.82, 2.24) is 15.1 Å². The Kier molecular flexibility index (Phi) is 5.25. The molecule has 1 heterocycles. The predicted octanol–water partition coefficient (Wildman–Crippen LogP) is 3.23. The molecule has 0 radical (unpaired) electrons. The van der Waals surface area contributed by atoms with Gasteiger partial charge in [0.1, 0.15) is 5.82 Å². The molecule has 1 aliphatic carbocycles. The summed E-state index contributed by atoms with van der Waals surface area (Å²) in [5.41, 5.74) is -1.02. The molecule has 1 aliphatic rings. The number of aryl methyl sites for hydroxylation is 1. The fourth-order valence-electron chi connectivity index (χ4n) is 2.55. The Bertz CT molecular complexity index is 532. The first-order valence-corrected chi connectivity index (χ1v) is 8.16. The first kappa shape index (κ1) is 17.0. The van der Waals surface area contributed by atoms with Crippen LogP contribution in [0.1, 0.15) is 31.9 Å². The summed E-state index contributed by atoms with van der Waals surface area (Å²) in [4.78, 5) is 12.0. The van der Waals surface area contributed by atoms with Crippen LogP contribution in [0.4, 0.5) is 23.8 Å². The van der Waals surface area contributed by atoms with Gasteiger partial charge in [0.05, 0.1) is 0 Å². The first-order valence-electron chi connectivity index (χ1n) is 7.11. The van der Waals surface area contributed by atoms with Crippen LogP contribution in [0, 0.1) is 0 Å². The number of amides is 2. The van der Waals surface area contributed by atoms with Crippen molar-refractivity contribution in [1.29, 1.82) is 0 Å². The van der Waals surface area contributed by atoms with Gasteiger partial charge in [0.2, 0.25) is 0 Å². The molecule has 1 saturated carbocycles. The monoisotopic (exact) mass is 336 g/mol. The largest absolute Gasteiger partial charge is 0.435 e. The van der Waals surface area contributed by atoms with Crippen LogP contribution in [0.3, 0.4) is 0 Å². The predicted molar refractivity (Wildman–Crippen MR) is 79.9 cm³/mol. The first-order chi connectivity index (χ1) is 10.3. The number of nitrogens with zero attached hydrogens (tertiary/aromatic N) is 2. The van der Waals surface area contributed by atoms with Gasteiger partial charge in [-0.25, -0.2) is 4.79 Å². The highest BCUT2D eigenvalue weighted by molar-refractivity contribution is 7.99. The zero-order valence-electron chi connectivity index (χ0n) is 12.4. The fraction of sp³-hybridized carbons (Fsp3) is 0.692. The van der Waals surface area contributed by atoms with Crippen molar-refractivity contribution in [3.05, 3.63) is 11.8 Å². The summed E-state index contributed by atoms with van der Waals surface area (Å²) in [6.07, 6.45) is -1.54. The molecule has 1 aromatic rings. The Labute approximate surface area is 131 Å². The lowest BCUT2D eigenvalue weighted by Gasteiger charge is -2.20. The Morgan fingerprint density at radius 2 is 2.23 bits per heavy atom. The second-order valence-electron chi connectivity index (χ2n) is 5.17. The second kappa shape index (κ2) is 6.80. The van der Waals surface area contributed by atoms with Crippen molar-refractivity contribution in [2.75, 3.05) is 11.1 Å². The molecule has 124 valence electrons. The fourth-order valence-corrected chi connectivity index (χ4v) is 3.75. The Hall–Kier alpha value is -1.38. The van der Waals surface area contributed by atoms with E-state index >= 15 is 0 Å². The number of alkyl halides is 3. The molecule has 0 bridgehead atoms. The lowest BCUT2D eigenvalue weighted by atomic mass is 10.2. The summed E-state index contributed by atoms with van der Waals surface area (Å²) in [7, 11) is 1.36. The average molecular weight is 336 g/mol. The molecule has 1 fully saturated rings. The highest BCUT2D eigenvalue weighted by atomic mass is 32.2. The average Bonchev–Trinajstić information content (AvgIpc) is 2.98. The van der Waals surface area contributed by atoms with E-state index in [-0.39, 0.29) is 11.9 Å². The number of urea groups is 1. The molecule has 2 rings (SSSR count). The molecule has 22 heavy (non-hydrogen) atoms. The minimum absolute atomic E-state index is 0.0162. The Morgan fingerprint density at radius 1 is 1.50 bits per heavy atom. The molecular formula is C13H19F3N4OS. The van der Waals surface area contributed by atoms with E-state index in [0.717, 1.165) is 35.8 Å². The van der Waals surface area contributed by atoms with Gasteiger partial charge in [-0.3, -0.25) is 10.00 Å². The van der Waals surface area contributed by atoms with Crippen LogP contribution in [0.5, 0.6) is 0 Å². The van der Waals surface area contributed by atoms with Gasteiger partial charge in [-0.1, -0.05) is 13.3 Å². The summed E-state index contributed by atoms with van der Waals surface area (Å²) in [6, 6.07) is 0.387. The molecule has 2 atom stereocenters. The summed E-state index contributed by atoms with van der Waals surface area (Å²) in [6.45, 7) is 2.06. The van der Waals surface area contributed by atoms with Crippen LogP contribution in [0.25, 0.3) is 0 Å². The van der Waals surface area contributed by atoms with Gasteiger partial charge in [0.25, 0.3) is 0 Å². The van der Waals surface area contributed by atoms with Crippen molar-refractivity contribution < 1.29 is 18.0 Å². The van der Waals surface area contributed by atoms with Gasteiger partial charge in [-0.05, 0) is 18.6 Å². The van der Waals surface area contributed by atoms with Crippen LogP contribution >= 0.6 is 11.8 Å². The maximum Gasteiger partial charge on any atom is 0.435 e. The summed E-state index contributed by atoms with van der Waals surface area (Å²) >= 11 is 1.80. The van der Waals surface area contributed by atoms with Gasteiger partial charge in [-0.15, -0.1) is 0 Å². The van der Waals surface area contributed by atoms with E-state index in [2.05, 4.69) is 22.7 Å². The molecule has 0 spiro atoms. The van der Waals surface area contributed by atoms with Crippen LogP contribution in [0.15, 0.2) is 6.07 Å². The molecule has 9 heteroatoms. The number of aromatic nitrogens is 2. The highest BCUT2D eigenvalue weighted by Crippen LogP contribution is 2.31. The zero-order valence-corrected chi connectivity index (χ0v) is 13.2. The molecule has 2 unspecified atom stereocenters. The number of hydrogen-bond acceptors (Lipinski definition) is 3. The van der Waals surface area contributed by atoms with E-state index in [9.17, 15) is 18.0 Å². The minimum atomic E-state index is -4.53. The lowest BCUT2D eigenvalue weighted by molar-refractivity contribution is -0.141. The smallest absolute Gasteiger partial charge is 0.334 e. The van der Waals surface area contributed by atoms with Crippen molar-refractivity contribution in [3.63, 3.8) is 0 Å². The number of hydrogen-bond donors (Lipinski definition) is 2. The summed E-state index contributed by atoms with van der Waals surface area (Å²) in [5, 5.41) is 9.00. The van der Waals surface area contributed by atoms with Crippen molar-refractivity contribution in [2.45, 2.75) is 43.7 Å².